The number of nitrogens with two attached hydrogens (primary N) is 1. The molecule has 4 heterocycles. The number of methoxy groups -OCH3 is 1. The molecule has 0 spiro atoms. The summed E-state index contributed by atoms with van der Waals surface area (Å²) in [4.78, 5) is 17.3. The van der Waals surface area contributed by atoms with Crippen LogP contribution in [0.3, 0.4) is 0 Å². The standard InChI is InChI=1S/C20H20N6OS/c1-27-19-17(26-8-9-28-20(26)24-19)12-25-7-6-16-14(11-25)10-22-18(23-16)13-2-4-15(21)5-3-13/h2-5,8-10H,6-7,11-12,21H2,1H3. The predicted octanol–water partition coefficient (Wildman–Crippen LogP) is 3.00. The molecule has 0 unspecified atom stereocenters. The Bertz CT molecular complexity index is 1130. The second kappa shape index (κ2) is 6.88. The summed E-state index contributed by atoms with van der Waals surface area (Å²) in [6.45, 7) is 2.53. The summed E-state index contributed by atoms with van der Waals surface area (Å²) in [5.41, 5.74) is 10.9. The SMILES string of the molecule is COc1nc2sccn2c1CN1CCc2nc(-c3ccc(N)cc3)ncc2C1. The summed E-state index contributed by atoms with van der Waals surface area (Å²) in [6.07, 6.45) is 4.90. The van der Waals surface area contributed by atoms with Gasteiger partial charge in [0, 0.05) is 60.6 Å². The summed E-state index contributed by atoms with van der Waals surface area (Å²) in [7, 11) is 1.67. The largest absolute Gasteiger partial charge is 0.480 e. The molecule has 0 saturated carbocycles. The lowest BCUT2D eigenvalue weighted by atomic mass is 10.1. The molecule has 142 valence electrons. The van der Waals surface area contributed by atoms with Gasteiger partial charge < -0.3 is 10.5 Å². The smallest absolute Gasteiger partial charge is 0.237 e. The van der Waals surface area contributed by atoms with E-state index in [4.69, 9.17) is 15.5 Å². The number of fused-ring (bicyclic) bond motifs is 2. The van der Waals surface area contributed by atoms with E-state index in [2.05, 4.69) is 19.3 Å². The van der Waals surface area contributed by atoms with Gasteiger partial charge >= 0.3 is 0 Å². The van der Waals surface area contributed by atoms with Gasteiger partial charge in [0.2, 0.25) is 5.88 Å². The number of anilines is 1. The quantitative estimate of drug-likeness (QED) is 0.538. The fraction of sp³-hybridized carbons (Fsp3) is 0.250. The lowest BCUT2D eigenvalue weighted by Crippen LogP contribution is -2.31. The molecule has 3 aromatic heterocycles. The number of ether oxygens (including phenoxy) is 1. The minimum atomic E-state index is 0.701. The molecule has 4 aromatic rings. The zero-order valence-corrected chi connectivity index (χ0v) is 16.3. The predicted molar refractivity (Wildman–Crippen MR) is 109 cm³/mol. The minimum Gasteiger partial charge on any atom is -0.480 e. The number of hydrogen-bond donors (Lipinski definition) is 1. The van der Waals surface area contributed by atoms with Crippen LogP contribution in [-0.2, 0) is 19.5 Å². The highest BCUT2D eigenvalue weighted by Gasteiger charge is 2.22. The fourth-order valence-corrected chi connectivity index (χ4v) is 4.34. The number of hydrogen-bond acceptors (Lipinski definition) is 7. The third kappa shape index (κ3) is 3.00. The molecule has 7 nitrogen and oxygen atoms in total. The second-order valence-electron chi connectivity index (χ2n) is 6.87. The van der Waals surface area contributed by atoms with Crippen LogP contribution < -0.4 is 10.5 Å². The molecule has 0 amide bonds. The molecular weight excluding hydrogens is 372 g/mol. The Morgan fingerprint density at radius 2 is 2.07 bits per heavy atom. The first-order valence-electron chi connectivity index (χ1n) is 9.13. The van der Waals surface area contributed by atoms with E-state index in [0.717, 1.165) is 59.5 Å². The number of imidazole rings is 1. The number of aromatic nitrogens is 4. The zero-order chi connectivity index (χ0) is 19.1. The van der Waals surface area contributed by atoms with E-state index in [1.807, 2.05) is 42.0 Å². The van der Waals surface area contributed by atoms with Crippen LogP contribution >= 0.6 is 11.3 Å². The highest BCUT2D eigenvalue weighted by Crippen LogP contribution is 2.27. The second-order valence-corrected chi connectivity index (χ2v) is 7.74. The number of rotatable bonds is 4. The van der Waals surface area contributed by atoms with Gasteiger partial charge in [-0.05, 0) is 24.3 Å². The van der Waals surface area contributed by atoms with E-state index in [1.54, 1.807) is 18.4 Å². The van der Waals surface area contributed by atoms with Gasteiger partial charge in [-0.25, -0.2) is 9.97 Å². The summed E-state index contributed by atoms with van der Waals surface area (Å²) < 4.78 is 7.60. The Labute approximate surface area is 166 Å². The Hall–Kier alpha value is -2.97. The molecule has 1 aromatic carbocycles. The van der Waals surface area contributed by atoms with Crippen molar-refractivity contribution in [3.05, 3.63) is 59.0 Å². The van der Waals surface area contributed by atoms with Gasteiger partial charge in [-0.2, -0.15) is 4.98 Å². The first kappa shape index (κ1) is 17.2. The Kier molecular flexibility index (Phi) is 4.22. The number of nitrogens with zero attached hydrogens (tertiary/aromatic N) is 5. The van der Waals surface area contributed by atoms with E-state index in [-0.39, 0.29) is 0 Å². The maximum absolute atomic E-state index is 5.77. The zero-order valence-electron chi connectivity index (χ0n) is 15.5. The summed E-state index contributed by atoms with van der Waals surface area (Å²) in [5.74, 6) is 1.46. The first-order chi connectivity index (χ1) is 13.7. The molecule has 0 saturated heterocycles. The Balaban J connectivity index is 1.38. The van der Waals surface area contributed by atoms with Crippen LogP contribution in [-0.4, -0.2) is 37.9 Å². The van der Waals surface area contributed by atoms with Crippen LogP contribution in [0.2, 0.25) is 0 Å². The first-order valence-corrected chi connectivity index (χ1v) is 10.0. The van der Waals surface area contributed by atoms with Gasteiger partial charge in [-0.1, -0.05) is 0 Å². The average molecular weight is 392 g/mol. The van der Waals surface area contributed by atoms with Crippen LogP contribution in [0.5, 0.6) is 5.88 Å². The molecule has 0 radical (unpaired) electrons. The highest BCUT2D eigenvalue weighted by atomic mass is 32.1. The normalized spacial score (nSPS) is 14.3. The lowest BCUT2D eigenvalue weighted by molar-refractivity contribution is 0.235. The van der Waals surface area contributed by atoms with E-state index >= 15 is 0 Å². The fourth-order valence-electron chi connectivity index (χ4n) is 3.61. The molecule has 1 aliphatic rings. The van der Waals surface area contributed by atoms with Gasteiger partial charge in [0.1, 0.15) is 5.69 Å². The molecule has 1 aliphatic heterocycles. The van der Waals surface area contributed by atoms with Crippen molar-refractivity contribution >= 4 is 22.0 Å². The number of nitrogen functional groups attached to an aromatic ring is 1. The van der Waals surface area contributed by atoms with Crippen molar-refractivity contribution in [3.63, 3.8) is 0 Å². The van der Waals surface area contributed by atoms with Crippen molar-refractivity contribution in [3.8, 4) is 17.3 Å². The van der Waals surface area contributed by atoms with Crippen molar-refractivity contribution in [2.45, 2.75) is 19.5 Å². The van der Waals surface area contributed by atoms with Crippen molar-refractivity contribution < 1.29 is 4.74 Å². The summed E-state index contributed by atoms with van der Waals surface area (Å²) in [6, 6.07) is 7.68. The Morgan fingerprint density at radius 3 is 2.89 bits per heavy atom. The highest BCUT2D eigenvalue weighted by molar-refractivity contribution is 7.15. The van der Waals surface area contributed by atoms with Gasteiger partial charge in [-0.3, -0.25) is 9.30 Å². The lowest BCUT2D eigenvalue weighted by Gasteiger charge is -2.27. The van der Waals surface area contributed by atoms with Crippen molar-refractivity contribution in [2.24, 2.45) is 0 Å². The molecule has 0 atom stereocenters. The van der Waals surface area contributed by atoms with Crippen molar-refractivity contribution in [2.75, 3.05) is 19.4 Å². The van der Waals surface area contributed by atoms with E-state index in [1.165, 1.54) is 5.56 Å². The van der Waals surface area contributed by atoms with Gasteiger partial charge in [0.25, 0.3) is 0 Å². The number of benzene rings is 1. The minimum absolute atomic E-state index is 0.701. The maximum atomic E-state index is 5.77. The van der Waals surface area contributed by atoms with Gasteiger partial charge in [-0.15, -0.1) is 11.3 Å². The van der Waals surface area contributed by atoms with Crippen LogP contribution in [0.4, 0.5) is 5.69 Å². The van der Waals surface area contributed by atoms with Crippen LogP contribution in [0.15, 0.2) is 42.0 Å². The maximum Gasteiger partial charge on any atom is 0.237 e. The van der Waals surface area contributed by atoms with E-state index in [0.29, 0.717) is 5.88 Å². The molecular formula is C20H20N6OS. The summed E-state index contributed by atoms with van der Waals surface area (Å²) >= 11 is 1.61. The number of thiazole rings is 1. The van der Waals surface area contributed by atoms with E-state index < -0.39 is 0 Å². The van der Waals surface area contributed by atoms with Gasteiger partial charge in [0.05, 0.1) is 12.8 Å². The van der Waals surface area contributed by atoms with E-state index in [9.17, 15) is 0 Å². The molecule has 28 heavy (non-hydrogen) atoms. The molecule has 2 N–H and O–H groups in total. The Morgan fingerprint density at radius 1 is 1.21 bits per heavy atom. The van der Waals surface area contributed by atoms with Crippen LogP contribution in [0, 0.1) is 0 Å². The molecule has 0 bridgehead atoms. The van der Waals surface area contributed by atoms with Crippen LogP contribution in [0.1, 0.15) is 17.0 Å². The molecule has 0 aliphatic carbocycles. The molecule has 8 heteroatoms. The summed E-state index contributed by atoms with van der Waals surface area (Å²) in [5, 5.41) is 2.04. The molecule has 5 rings (SSSR count). The molecule has 0 fully saturated rings. The third-order valence-electron chi connectivity index (χ3n) is 5.07. The monoisotopic (exact) mass is 392 g/mol. The van der Waals surface area contributed by atoms with Gasteiger partial charge in [0.15, 0.2) is 10.8 Å². The third-order valence-corrected chi connectivity index (χ3v) is 5.83. The van der Waals surface area contributed by atoms with Crippen LogP contribution in [0.25, 0.3) is 16.3 Å². The topological polar surface area (TPSA) is 81.6 Å². The van der Waals surface area contributed by atoms with Crippen molar-refractivity contribution in [1.29, 1.82) is 0 Å². The van der Waals surface area contributed by atoms with Crippen molar-refractivity contribution in [1.82, 2.24) is 24.3 Å². The average Bonchev–Trinajstić information content (AvgIpc) is 3.30.